The van der Waals surface area contributed by atoms with E-state index in [0.29, 0.717) is 5.56 Å². The highest BCUT2D eigenvalue weighted by molar-refractivity contribution is 5.96. The average Bonchev–Trinajstić information content (AvgIpc) is 3.02. The van der Waals surface area contributed by atoms with Gasteiger partial charge in [0.2, 0.25) is 0 Å². The van der Waals surface area contributed by atoms with Gasteiger partial charge in [0.1, 0.15) is 11.5 Å². The predicted octanol–water partition coefficient (Wildman–Crippen LogP) is 4.69. The van der Waals surface area contributed by atoms with Gasteiger partial charge in [-0.3, -0.25) is 0 Å². The lowest BCUT2D eigenvalue weighted by atomic mass is 9.70. The van der Waals surface area contributed by atoms with Crippen LogP contribution in [0.5, 0.6) is 11.5 Å². The molecule has 0 atom stereocenters. The van der Waals surface area contributed by atoms with Crippen molar-refractivity contribution in [3.8, 4) is 11.5 Å². The number of benzene rings is 3. The number of carbonyl (C=O) groups excluding carboxylic acids is 1. The summed E-state index contributed by atoms with van der Waals surface area (Å²) in [5.41, 5.74) is 6.78. The molecule has 0 N–H and O–H groups in total. The zero-order valence-corrected chi connectivity index (χ0v) is 17.0. The van der Waals surface area contributed by atoms with E-state index < -0.39 is 5.60 Å². The summed E-state index contributed by atoms with van der Waals surface area (Å²) in [7, 11) is 3.36. The van der Waals surface area contributed by atoms with Crippen LogP contribution in [0.2, 0.25) is 0 Å². The summed E-state index contributed by atoms with van der Waals surface area (Å²) < 4.78 is 17.4. The van der Waals surface area contributed by atoms with Crippen molar-refractivity contribution in [2.75, 3.05) is 14.2 Å². The molecule has 0 aromatic heterocycles. The quantitative estimate of drug-likeness (QED) is 0.600. The van der Waals surface area contributed by atoms with E-state index in [0.717, 1.165) is 56.9 Å². The molecule has 1 heterocycles. The first kappa shape index (κ1) is 17.8. The topological polar surface area (TPSA) is 44.8 Å². The Morgan fingerprint density at radius 2 is 1.38 bits per heavy atom. The fourth-order valence-corrected chi connectivity index (χ4v) is 4.82. The molecule has 1 aliphatic carbocycles. The SMILES string of the molecule is COc1cc2c(cc1C)C1(OC(=O)c3ccccc31)c1cc(C)c(OC)cc1C2. The normalized spacial score (nSPS) is 15.4. The maximum Gasteiger partial charge on any atom is 0.340 e. The van der Waals surface area contributed by atoms with Crippen molar-refractivity contribution in [3.63, 3.8) is 0 Å². The summed E-state index contributed by atoms with van der Waals surface area (Å²) in [6.45, 7) is 4.04. The molecular formula is C25H22O4. The molecule has 5 rings (SSSR count). The molecule has 0 radical (unpaired) electrons. The Balaban J connectivity index is 1.90. The Hall–Kier alpha value is -3.27. The summed E-state index contributed by atoms with van der Waals surface area (Å²) in [4.78, 5) is 12.9. The molecule has 0 unspecified atom stereocenters. The number of esters is 1. The van der Waals surface area contributed by atoms with Crippen molar-refractivity contribution in [2.24, 2.45) is 0 Å². The summed E-state index contributed by atoms with van der Waals surface area (Å²) >= 11 is 0. The summed E-state index contributed by atoms with van der Waals surface area (Å²) in [6.07, 6.45) is 0.722. The minimum Gasteiger partial charge on any atom is -0.496 e. The molecule has 1 aliphatic heterocycles. The third-order valence-corrected chi connectivity index (χ3v) is 6.15. The standard InChI is InChI=1S/C25H22O4/c1-14-9-20-16(12-22(14)27-3)11-17-13-23(28-4)15(2)10-21(17)25(20)19-8-6-5-7-18(19)24(26)29-25/h5-10,12-13H,11H2,1-4H3. The highest BCUT2D eigenvalue weighted by atomic mass is 16.6. The fraction of sp³-hybridized carbons (Fsp3) is 0.240. The molecule has 4 heteroatoms. The first-order valence-corrected chi connectivity index (χ1v) is 9.68. The Morgan fingerprint density at radius 3 is 1.93 bits per heavy atom. The highest BCUT2D eigenvalue weighted by Crippen LogP contribution is 2.53. The van der Waals surface area contributed by atoms with Gasteiger partial charge in [0.25, 0.3) is 0 Å². The minimum atomic E-state index is -0.954. The van der Waals surface area contributed by atoms with Gasteiger partial charge in [0, 0.05) is 16.7 Å². The number of fused-ring (bicyclic) bond motifs is 6. The van der Waals surface area contributed by atoms with E-state index in [2.05, 4.69) is 24.3 Å². The second-order valence-corrected chi connectivity index (χ2v) is 7.75. The number of hydrogen-bond acceptors (Lipinski definition) is 4. The molecule has 3 aromatic carbocycles. The Bertz CT molecular complexity index is 1120. The van der Waals surface area contributed by atoms with E-state index in [4.69, 9.17) is 14.2 Å². The van der Waals surface area contributed by atoms with Gasteiger partial charge < -0.3 is 14.2 Å². The zero-order chi connectivity index (χ0) is 20.3. The fourth-order valence-electron chi connectivity index (χ4n) is 4.82. The molecule has 0 saturated carbocycles. The van der Waals surface area contributed by atoms with Crippen LogP contribution < -0.4 is 9.47 Å². The van der Waals surface area contributed by atoms with Crippen LogP contribution in [0.25, 0.3) is 0 Å². The molecule has 4 nitrogen and oxygen atoms in total. The van der Waals surface area contributed by atoms with Crippen LogP contribution in [0, 0.1) is 13.8 Å². The van der Waals surface area contributed by atoms with Gasteiger partial charge in [-0.2, -0.15) is 0 Å². The van der Waals surface area contributed by atoms with Gasteiger partial charge in [-0.1, -0.05) is 18.2 Å². The average molecular weight is 386 g/mol. The molecule has 0 saturated heterocycles. The van der Waals surface area contributed by atoms with E-state index in [9.17, 15) is 4.79 Å². The van der Waals surface area contributed by atoms with E-state index in [-0.39, 0.29) is 5.97 Å². The molecule has 29 heavy (non-hydrogen) atoms. The molecule has 146 valence electrons. The highest BCUT2D eigenvalue weighted by Gasteiger charge is 2.52. The maximum atomic E-state index is 12.9. The molecule has 2 aliphatic rings. The molecule has 0 amide bonds. The first-order chi connectivity index (χ1) is 14.0. The lowest BCUT2D eigenvalue weighted by molar-refractivity contribution is 0.0240. The number of carbonyl (C=O) groups is 1. The zero-order valence-electron chi connectivity index (χ0n) is 17.0. The summed E-state index contributed by atoms with van der Waals surface area (Å²) in [5, 5.41) is 0. The lowest BCUT2D eigenvalue weighted by Gasteiger charge is -2.38. The van der Waals surface area contributed by atoms with E-state index in [1.54, 1.807) is 14.2 Å². The first-order valence-electron chi connectivity index (χ1n) is 9.68. The Labute approximate surface area is 170 Å². The van der Waals surface area contributed by atoms with E-state index in [1.165, 1.54) is 0 Å². The summed E-state index contributed by atoms with van der Waals surface area (Å²) in [6, 6.07) is 16.0. The van der Waals surface area contributed by atoms with Crippen LogP contribution in [-0.2, 0) is 16.8 Å². The third-order valence-electron chi connectivity index (χ3n) is 6.15. The Kier molecular flexibility index (Phi) is 3.75. The number of hydrogen-bond donors (Lipinski definition) is 0. The van der Waals surface area contributed by atoms with Crippen molar-refractivity contribution in [1.82, 2.24) is 0 Å². The van der Waals surface area contributed by atoms with Gasteiger partial charge in [-0.05, 0) is 72.9 Å². The third kappa shape index (κ3) is 2.29. The molecule has 0 fully saturated rings. The molecular weight excluding hydrogens is 364 g/mol. The van der Waals surface area contributed by atoms with Crippen molar-refractivity contribution >= 4 is 5.97 Å². The monoisotopic (exact) mass is 386 g/mol. The van der Waals surface area contributed by atoms with Gasteiger partial charge in [0.05, 0.1) is 19.8 Å². The molecule has 3 aromatic rings. The van der Waals surface area contributed by atoms with Gasteiger partial charge in [-0.15, -0.1) is 0 Å². The van der Waals surface area contributed by atoms with E-state index in [1.807, 2.05) is 38.1 Å². The smallest absolute Gasteiger partial charge is 0.340 e. The van der Waals surface area contributed by atoms with Gasteiger partial charge in [0.15, 0.2) is 5.60 Å². The van der Waals surface area contributed by atoms with Crippen LogP contribution in [-0.4, -0.2) is 20.2 Å². The van der Waals surface area contributed by atoms with Crippen LogP contribution >= 0.6 is 0 Å². The van der Waals surface area contributed by atoms with Gasteiger partial charge >= 0.3 is 5.97 Å². The number of methoxy groups -OCH3 is 2. The van der Waals surface area contributed by atoms with Crippen molar-refractivity contribution in [3.05, 3.63) is 93.0 Å². The number of aryl methyl sites for hydroxylation is 2. The lowest BCUT2D eigenvalue weighted by Crippen LogP contribution is -2.35. The van der Waals surface area contributed by atoms with Crippen molar-refractivity contribution < 1.29 is 19.0 Å². The number of rotatable bonds is 2. The molecule has 1 spiro atoms. The second-order valence-electron chi connectivity index (χ2n) is 7.75. The summed E-state index contributed by atoms with van der Waals surface area (Å²) in [5.74, 6) is 1.37. The van der Waals surface area contributed by atoms with Gasteiger partial charge in [-0.25, -0.2) is 4.79 Å². The van der Waals surface area contributed by atoms with E-state index >= 15 is 0 Å². The van der Waals surface area contributed by atoms with Crippen molar-refractivity contribution in [2.45, 2.75) is 25.9 Å². The second kappa shape index (κ2) is 6.11. The maximum absolute atomic E-state index is 12.9. The minimum absolute atomic E-state index is 0.290. The van der Waals surface area contributed by atoms with Crippen LogP contribution in [0.1, 0.15) is 49.3 Å². The van der Waals surface area contributed by atoms with Crippen LogP contribution in [0.3, 0.4) is 0 Å². The van der Waals surface area contributed by atoms with Crippen LogP contribution in [0.15, 0.2) is 48.5 Å². The predicted molar refractivity (Wildman–Crippen MR) is 110 cm³/mol. The Morgan fingerprint density at radius 1 is 0.828 bits per heavy atom. The molecule has 0 bridgehead atoms. The van der Waals surface area contributed by atoms with Crippen LogP contribution in [0.4, 0.5) is 0 Å². The largest absolute Gasteiger partial charge is 0.496 e. The van der Waals surface area contributed by atoms with Crippen molar-refractivity contribution in [1.29, 1.82) is 0 Å². The number of ether oxygens (including phenoxy) is 3.